The van der Waals surface area contributed by atoms with Crippen LogP contribution in [0.5, 0.6) is 5.75 Å². The van der Waals surface area contributed by atoms with E-state index in [1.807, 2.05) is 30.3 Å². The van der Waals surface area contributed by atoms with Crippen LogP contribution in [0.25, 0.3) is 6.08 Å². The van der Waals surface area contributed by atoms with E-state index in [0.29, 0.717) is 61.0 Å². The van der Waals surface area contributed by atoms with E-state index >= 15 is 0 Å². The van der Waals surface area contributed by atoms with Crippen molar-refractivity contribution in [1.82, 2.24) is 20.6 Å². The van der Waals surface area contributed by atoms with Crippen LogP contribution in [0, 0.1) is 13.8 Å². The zero-order chi connectivity index (χ0) is 40.3. The van der Waals surface area contributed by atoms with Crippen molar-refractivity contribution in [3.8, 4) is 5.75 Å². The molecule has 56 heavy (non-hydrogen) atoms. The van der Waals surface area contributed by atoms with Crippen molar-refractivity contribution < 1.29 is 32.1 Å². The lowest BCUT2D eigenvalue weighted by atomic mass is 10.2. The number of ether oxygens (including phenoxy) is 1. The van der Waals surface area contributed by atoms with Crippen LogP contribution in [0.2, 0.25) is 0 Å². The molecule has 2 heterocycles. The molecule has 0 unspecified atom stereocenters. The van der Waals surface area contributed by atoms with Gasteiger partial charge in [0.25, 0.3) is 16.0 Å². The predicted molar refractivity (Wildman–Crippen MR) is 218 cm³/mol. The van der Waals surface area contributed by atoms with Crippen molar-refractivity contribution >= 4 is 51.9 Å². The van der Waals surface area contributed by atoms with Crippen LogP contribution in [-0.4, -0.2) is 60.7 Å². The second kappa shape index (κ2) is 21.9. The van der Waals surface area contributed by atoms with E-state index in [1.165, 1.54) is 58.1 Å². The number of hydrazine groups is 1. The average Bonchev–Trinajstić information content (AvgIpc) is 3.20. The number of rotatable bonds is 17. The summed E-state index contributed by atoms with van der Waals surface area (Å²) in [5, 5.41) is 5.67. The van der Waals surface area contributed by atoms with Crippen molar-refractivity contribution in [3.05, 3.63) is 149 Å². The largest absolute Gasteiger partial charge is 0.491 e. The molecule has 2 amide bonds. The van der Waals surface area contributed by atoms with E-state index in [-0.39, 0.29) is 22.3 Å². The SMILES string of the molecule is Cc1cccc(C)c1SCc1ccc(OCCc2ccccc2)c(C=CC(=O)NCCCNC(=O)c2ccc(NN)nc2)n1.O=Cc1ccccc1S(=O)(=O)O. The van der Waals surface area contributed by atoms with Crippen LogP contribution in [0.4, 0.5) is 5.82 Å². The van der Waals surface area contributed by atoms with Crippen molar-refractivity contribution in [2.45, 2.75) is 42.2 Å². The Morgan fingerprint density at radius 2 is 1.61 bits per heavy atom. The predicted octanol–water partition coefficient (Wildman–Crippen LogP) is 5.99. The molecule has 0 spiro atoms. The van der Waals surface area contributed by atoms with Gasteiger partial charge in [0.1, 0.15) is 22.2 Å². The molecule has 0 saturated heterocycles. The summed E-state index contributed by atoms with van der Waals surface area (Å²) >= 11 is 1.75. The summed E-state index contributed by atoms with van der Waals surface area (Å²) in [5.41, 5.74) is 7.97. The number of hydrogen-bond acceptors (Lipinski definition) is 11. The van der Waals surface area contributed by atoms with Gasteiger partial charge in [0.15, 0.2) is 6.29 Å². The van der Waals surface area contributed by atoms with Crippen LogP contribution in [0.3, 0.4) is 0 Å². The molecule has 2 aromatic heterocycles. The smallest absolute Gasteiger partial charge is 0.295 e. The topological polar surface area (TPSA) is 203 Å². The van der Waals surface area contributed by atoms with Gasteiger partial charge in [-0.05, 0) is 73.4 Å². The number of nitrogens with two attached hydrogens (primary N) is 1. The molecule has 13 nitrogen and oxygen atoms in total. The molecule has 0 aliphatic heterocycles. The summed E-state index contributed by atoms with van der Waals surface area (Å²) in [5.74, 6) is 6.60. The molecule has 6 N–H and O–H groups in total. The van der Waals surface area contributed by atoms with Crippen LogP contribution < -0.4 is 26.6 Å². The summed E-state index contributed by atoms with van der Waals surface area (Å²) in [4.78, 5) is 44.9. The Morgan fingerprint density at radius 3 is 2.27 bits per heavy atom. The minimum atomic E-state index is -4.28. The molecule has 15 heteroatoms. The Kier molecular flexibility index (Phi) is 16.7. The zero-order valence-electron chi connectivity index (χ0n) is 31.0. The van der Waals surface area contributed by atoms with Gasteiger partial charge in [0.05, 0.1) is 17.9 Å². The number of anilines is 1. The highest BCUT2D eigenvalue weighted by Gasteiger charge is 2.13. The highest BCUT2D eigenvalue weighted by Crippen LogP contribution is 2.30. The molecule has 0 fully saturated rings. The van der Waals surface area contributed by atoms with Crippen molar-refractivity contribution in [1.29, 1.82) is 0 Å². The third kappa shape index (κ3) is 13.8. The number of aryl methyl sites for hydroxylation is 2. The maximum absolute atomic E-state index is 12.6. The van der Waals surface area contributed by atoms with Gasteiger partial charge >= 0.3 is 0 Å². The van der Waals surface area contributed by atoms with Crippen molar-refractivity contribution in [2.24, 2.45) is 5.84 Å². The maximum Gasteiger partial charge on any atom is 0.295 e. The fourth-order valence-electron chi connectivity index (χ4n) is 5.17. The molecule has 0 saturated carbocycles. The van der Waals surface area contributed by atoms with E-state index in [0.717, 1.165) is 12.1 Å². The number of pyridine rings is 2. The number of hydrogen-bond donors (Lipinski definition) is 5. The van der Waals surface area contributed by atoms with Crippen molar-refractivity contribution in [3.63, 3.8) is 0 Å². The molecule has 0 aliphatic carbocycles. The van der Waals surface area contributed by atoms with Gasteiger partial charge in [0, 0.05) is 48.0 Å². The average molecular weight is 797 g/mol. The van der Waals surface area contributed by atoms with Gasteiger partial charge in [-0.25, -0.2) is 15.8 Å². The first kappa shape index (κ1) is 42.9. The number of carbonyl (C=O) groups is 3. The minimum absolute atomic E-state index is 0.0417. The third-order valence-electron chi connectivity index (χ3n) is 8.04. The van der Waals surface area contributed by atoms with Gasteiger partial charge in [-0.2, -0.15) is 8.42 Å². The van der Waals surface area contributed by atoms with Crippen LogP contribution in [0.1, 0.15) is 55.2 Å². The van der Waals surface area contributed by atoms with Gasteiger partial charge in [0.2, 0.25) is 5.91 Å². The highest BCUT2D eigenvalue weighted by molar-refractivity contribution is 7.98. The normalized spacial score (nSPS) is 10.9. The summed E-state index contributed by atoms with van der Waals surface area (Å²) < 4.78 is 35.9. The second-order valence-corrected chi connectivity index (χ2v) is 14.6. The third-order valence-corrected chi connectivity index (χ3v) is 10.3. The molecule has 0 atom stereocenters. The first-order chi connectivity index (χ1) is 27.0. The number of nitrogen functional groups attached to an aromatic ring is 1. The number of thioether (sulfide) groups is 1. The molecule has 3 aromatic carbocycles. The lowest BCUT2D eigenvalue weighted by Gasteiger charge is -2.12. The standard InChI is InChI=1S/C34H38N6O3S.C7H6O4S/c1-24-8-6-9-25(2)33(24)44-23-28-13-15-30(43-21-18-26-10-4-3-5-11-26)29(39-28)14-17-32(41)36-19-7-20-37-34(42)27-12-16-31(40-35)38-22-27;8-5-6-3-1-2-4-7(6)12(9,10)11/h3-6,8-17,22H,7,18-21,23,35H2,1-2H3,(H,36,41)(H,37,42)(H,38,40);1-5H,(H,9,10,11). The van der Waals surface area contributed by atoms with E-state index < -0.39 is 10.1 Å². The molecule has 292 valence electrons. The lowest BCUT2D eigenvalue weighted by molar-refractivity contribution is -0.116. The number of nitrogens with one attached hydrogen (secondary N) is 3. The van der Waals surface area contributed by atoms with E-state index in [9.17, 15) is 22.8 Å². The van der Waals surface area contributed by atoms with Crippen LogP contribution in [-0.2, 0) is 27.1 Å². The highest BCUT2D eigenvalue weighted by atomic mass is 32.2. The minimum Gasteiger partial charge on any atom is -0.491 e. The lowest BCUT2D eigenvalue weighted by Crippen LogP contribution is -2.29. The fourth-order valence-corrected chi connectivity index (χ4v) is 6.88. The van der Waals surface area contributed by atoms with Crippen LogP contribution in [0.15, 0.2) is 119 Å². The summed E-state index contributed by atoms with van der Waals surface area (Å²) in [6.45, 7) is 5.53. The number of amides is 2. The second-order valence-electron chi connectivity index (χ2n) is 12.2. The van der Waals surface area contributed by atoms with Gasteiger partial charge in [-0.1, -0.05) is 66.7 Å². The Balaban J connectivity index is 0.000000494. The van der Waals surface area contributed by atoms with Crippen LogP contribution >= 0.6 is 11.8 Å². The number of aromatic nitrogens is 2. The van der Waals surface area contributed by atoms with Gasteiger partial charge in [-0.3, -0.25) is 18.9 Å². The summed E-state index contributed by atoms with van der Waals surface area (Å²) in [6, 6.07) is 29.0. The number of carbonyl (C=O) groups excluding carboxylic acids is 3. The molecule has 0 bridgehead atoms. The summed E-state index contributed by atoms with van der Waals surface area (Å²) in [6.07, 6.45) is 6.31. The molecule has 5 aromatic rings. The Morgan fingerprint density at radius 1 is 0.893 bits per heavy atom. The molecular weight excluding hydrogens is 753 g/mol. The first-order valence-corrected chi connectivity index (χ1v) is 19.9. The molecular formula is C41H44N6O7S2. The van der Waals surface area contributed by atoms with Crippen molar-refractivity contribution in [2.75, 3.05) is 25.1 Å². The molecule has 0 radical (unpaired) electrons. The van der Waals surface area contributed by atoms with E-state index in [2.05, 4.69) is 65.2 Å². The number of aldehydes is 1. The monoisotopic (exact) mass is 796 g/mol. The molecule has 5 rings (SSSR count). The Hall–Kier alpha value is -5.87. The summed E-state index contributed by atoms with van der Waals surface area (Å²) in [7, 11) is -4.28. The first-order valence-electron chi connectivity index (χ1n) is 17.5. The van der Waals surface area contributed by atoms with Gasteiger partial charge in [-0.15, -0.1) is 11.8 Å². The zero-order valence-corrected chi connectivity index (χ0v) is 32.6. The fraction of sp³-hybridized carbons (Fsp3) is 0.195. The Labute approximate surface area is 330 Å². The number of benzene rings is 3. The Bertz CT molecular complexity index is 2200. The van der Waals surface area contributed by atoms with E-state index in [4.69, 9.17) is 20.1 Å². The number of nitrogens with zero attached hydrogens (tertiary/aromatic N) is 2. The quantitative estimate of drug-likeness (QED) is 0.0140. The van der Waals surface area contributed by atoms with E-state index in [1.54, 1.807) is 30.0 Å². The maximum atomic E-state index is 12.6. The van der Waals surface area contributed by atoms with Gasteiger partial charge < -0.3 is 20.8 Å². The molecule has 0 aliphatic rings.